The van der Waals surface area contributed by atoms with Crippen molar-refractivity contribution < 1.29 is 4.79 Å². The van der Waals surface area contributed by atoms with E-state index in [4.69, 9.17) is 0 Å². The van der Waals surface area contributed by atoms with E-state index in [1.54, 1.807) is 23.9 Å². The van der Waals surface area contributed by atoms with Gasteiger partial charge >= 0.3 is 0 Å². The molecule has 2 nitrogen and oxygen atoms in total. The zero-order chi connectivity index (χ0) is 13.0. The Labute approximate surface area is 111 Å². The Balaban J connectivity index is 2.18. The Morgan fingerprint density at radius 3 is 2.44 bits per heavy atom. The summed E-state index contributed by atoms with van der Waals surface area (Å²) in [4.78, 5) is 13.1. The maximum absolute atomic E-state index is 12.1. The van der Waals surface area contributed by atoms with E-state index in [0.29, 0.717) is 5.56 Å². The molecule has 0 bridgehead atoms. The molecule has 18 heavy (non-hydrogen) atoms. The van der Waals surface area contributed by atoms with Crippen LogP contribution in [0.4, 0.5) is 5.69 Å². The van der Waals surface area contributed by atoms with Crippen LogP contribution in [-0.2, 0) is 0 Å². The number of rotatable bonds is 3. The third kappa shape index (κ3) is 2.93. The average molecular weight is 256 g/mol. The van der Waals surface area contributed by atoms with Crippen LogP contribution in [0.2, 0.25) is 0 Å². The van der Waals surface area contributed by atoms with Crippen molar-refractivity contribution in [3.05, 3.63) is 66.6 Å². The fourth-order valence-electron chi connectivity index (χ4n) is 1.60. The first-order valence-corrected chi connectivity index (χ1v) is 6.79. The van der Waals surface area contributed by atoms with Gasteiger partial charge in [0.15, 0.2) is 0 Å². The minimum absolute atomic E-state index is 0.100. The SMILES string of the molecule is [CH2]c1ccc(C(=O)Nc2ccccc2SC)cc1. The monoisotopic (exact) mass is 256 g/mol. The standard InChI is InChI=1S/C15H14NOS/c1-11-7-9-12(10-8-11)15(17)16-13-5-3-4-6-14(13)18-2/h3-10H,1H2,2H3,(H,16,17). The summed E-state index contributed by atoms with van der Waals surface area (Å²) in [7, 11) is 0. The molecule has 0 aliphatic rings. The smallest absolute Gasteiger partial charge is 0.255 e. The third-order valence-electron chi connectivity index (χ3n) is 2.57. The van der Waals surface area contributed by atoms with Crippen LogP contribution in [0.15, 0.2) is 53.4 Å². The van der Waals surface area contributed by atoms with Crippen LogP contribution in [0.5, 0.6) is 0 Å². The van der Waals surface area contributed by atoms with E-state index in [1.165, 1.54) is 0 Å². The molecule has 1 amide bonds. The molecular formula is C15H14NOS. The third-order valence-corrected chi connectivity index (χ3v) is 3.37. The minimum atomic E-state index is -0.100. The van der Waals surface area contributed by atoms with Gasteiger partial charge in [-0.1, -0.05) is 24.3 Å². The number of carbonyl (C=O) groups excluding carboxylic acids is 1. The summed E-state index contributed by atoms with van der Waals surface area (Å²) in [5.41, 5.74) is 2.38. The maximum Gasteiger partial charge on any atom is 0.255 e. The Morgan fingerprint density at radius 1 is 1.11 bits per heavy atom. The van der Waals surface area contributed by atoms with E-state index in [0.717, 1.165) is 16.1 Å². The van der Waals surface area contributed by atoms with Gasteiger partial charge < -0.3 is 5.32 Å². The first kappa shape index (κ1) is 12.7. The fraction of sp³-hybridized carbons (Fsp3) is 0.0667. The second kappa shape index (κ2) is 5.74. The summed E-state index contributed by atoms with van der Waals surface area (Å²) in [5, 5.41) is 2.92. The van der Waals surface area contributed by atoms with E-state index in [9.17, 15) is 4.79 Å². The normalized spacial score (nSPS) is 10.1. The van der Waals surface area contributed by atoms with Crippen molar-refractivity contribution in [3.63, 3.8) is 0 Å². The van der Waals surface area contributed by atoms with Crippen LogP contribution in [0, 0.1) is 6.92 Å². The Hall–Kier alpha value is -1.74. The Morgan fingerprint density at radius 2 is 1.78 bits per heavy atom. The van der Waals surface area contributed by atoms with Gasteiger partial charge in [0.2, 0.25) is 0 Å². The zero-order valence-corrected chi connectivity index (χ0v) is 11.0. The summed E-state index contributed by atoms with van der Waals surface area (Å²) < 4.78 is 0. The summed E-state index contributed by atoms with van der Waals surface area (Å²) in [6.45, 7) is 3.80. The highest BCUT2D eigenvalue weighted by molar-refractivity contribution is 7.98. The van der Waals surface area contributed by atoms with Crippen LogP contribution in [0.25, 0.3) is 0 Å². The van der Waals surface area contributed by atoms with Crippen molar-refractivity contribution in [3.8, 4) is 0 Å². The highest BCUT2D eigenvalue weighted by Crippen LogP contribution is 2.25. The quantitative estimate of drug-likeness (QED) is 0.845. The van der Waals surface area contributed by atoms with E-state index >= 15 is 0 Å². The number of hydrogen-bond donors (Lipinski definition) is 1. The number of hydrogen-bond acceptors (Lipinski definition) is 2. The molecule has 0 unspecified atom stereocenters. The zero-order valence-electron chi connectivity index (χ0n) is 10.1. The summed E-state index contributed by atoms with van der Waals surface area (Å²) in [6.07, 6.45) is 1.99. The lowest BCUT2D eigenvalue weighted by Crippen LogP contribution is -2.12. The van der Waals surface area contributed by atoms with Gasteiger partial charge in [0.1, 0.15) is 0 Å². The lowest BCUT2D eigenvalue weighted by molar-refractivity contribution is 0.102. The largest absolute Gasteiger partial charge is 0.321 e. The molecule has 1 radical (unpaired) electrons. The van der Waals surface area contributed by atoms with Crippen LogP contribution in [0.3, 0.4) is 0 Å². The number of benzene rings is 2. The number of para-hydroxylation sites is 1. The molecule has 2 aromatic carbocycles. The number of thioether (sulfide) groups is 1. The minimum Gasteiger partial charge on any atom is -0.321 e. The van der Waals surface area contributed by atoms with Gasteiger partial charge in [0.05, 0.1) is 5.69 Å². The first-order chi connectivity index (χ1) is 8.70. The number of amides is 1. The lowest BCUT2D eigenvalue weighted by Gasteiger charge is -2.09. The van der Waals surface area contributed by atoms with Gasteiger partial charge in [-0.05, 0) is 43.0 Å². The molecule has 2 aromatic rings. The molecule has 0 atom stereocenters. The molecule has 0 saturated heterocycles. The second-order valence-electron chi connectivity index (χ2n) is 3.85. The van der Waals surface area contributed by atoms with E-state index in [1.807, 2.05) is 42.7 Å². The van der Waals surface area contributed by atoms with Gasteiger partial charge in [0, 0.05) is 10.5 Å². The molecule has 0 aromatic heterocycles. The molecular weight excluding hydrogens is 242 g/mol. The second-order valence-corrected chi connectivity index (χ2v) is 4.70. The van der Waals surface area contributed by atoms with Crippen molar-refractivity contribution in [2.45, 2.75) is 4.90 Å². The molecule has 0 aliphatic carbocycles. The summed E-state index contributed by atoms with van der Waals surface area (Å²) >= 11 is 1.61. The van der Waals surface area contributed by atoms with Crippen molar-refractivity contribution in [2.75, 3.05) is 11.6 Å². The highest BCUT2D eigenvalue weighted by Gasteiger charge is 2.07. The van der Waals surface area contributed by atoms with Crippen molar-refractivity contribution in [1.82, 2.24) is 0 Å². The average Bonchev–Trinajstić information content (AvgIpc) is 2.40. The molecule has 0 fully saturated rings. The molecule has 0 saturated carbocycles. The predicted molar refractivity (Wildman–Crippen MR) is 77.1 cm³/mol. The molecule has 0 heterocycles. The van der Waals surface area contributed by atoms with Crippen LogP contribution >= 0.6 is 11.8 Å². The van der Waals surface area contributed by atoms with E-state index in [2.05, 4.69) is 12.2 Å². The van der Waals surface area contributed by atoms with Crippen molar-refractivity contribution >= 4 is 23.4 Å². The van der Waals surface area contributed by atoms with Crippen LogP contribution < -0.4 is 5.32 Å². The number of carbonyl (C=O) groups is 1. The molecule has 3 heteroatoms. The summed E-state index contributed by atoms with van der Waals surface area (Å²) in [5.74, 6) is -0.100. The molecule has 1 N–H and O–H groups in total. The highest BCUT2D eigenvalue weighted by atomic mass is 32.2. The van der Waals surface area contributed by atoms with Crippen molar-refractivity contribution in [1.29, 1.82) is 0 Å². The van der Waals surface area contributed by atoms with Gasteiger partial charge in [0.25, 0.3) is 5.91 Å². The lowest BCUT2D eigenvalue weighted by atomic mass is 10.1. The molecule has 0 aliphatic heterocycles. The van der Waals surface area contributed by atoms with Crippen LogP contribution in [-0.4, -0.2) is 12.2 Å². The first-order valence-electron chi connectivity index (χ1n) is 5.57. The van der Waals surface area contributed by atoms with Gasteiger partial charge in [-0.2, -0.15) is 0 Å². The van der Waals surface area contributed by atoms with Crippen molar-refractivity contribution in [2.24, 2.45) is 0 Å². The molecule has 2 rings (SSSR count). The predicted octanol–water partition coefficient (Wildman–Crippen LogP) is 3.84. The topological polar surface area (TPSA) is 29.1 Å². The number of nitrogens with one attached hydrogen (secondary N) is 1. The molecule has 91 valence electrons. The van der Waals surface area contributed by atoms with E-state index in [-0.39, 0.29) is 5.91 Å². The Bertz CT molecular complexity index is 549. The van der Waals surface area contributed by atoms with Crippen LogP contribution in [0.1, 0.15) is 15.9 Å². The number of anilines is 1. The Kier molecular flexibility index (Phi) is 4.05. The molecule has 0 spiro atoms. The summed E-state index contributed by atoms with van der Waals surface area (Å²) in [6, 6.07) is 15.0. The maximum atomic E-state index is 12.1. The van der Waals surface area contributed by atoms with Gasteiger partial charge in [-0.15, -0.1) is 11.8 Å². The van der Waals surface area contributed by atoms with E-state index < -0.39 is 0 Å². The fourth-order valence-corrected chi connectivity index (χ4v) is 2.15. The van der Waals surface area contributed by atoms with Gasteiger partial charge in [-0.25, -0.2) is 0 Å². The van der Waals surface area contributed by atoms with Gasteiger partial charge in [-0.3, -0.25) is 4.79 Å².